The van der Waals surface area contributed by atoms with Gasteiger partial charge < -0.3 is 0 Å². The maximum absolute atomic E-state index is 5.95. The molecule has 1 aliphatic rings. The lowest BCUT2D eigenvalue weighted by molar-refractivity contribution is 0.0620. The van der Waals surface area contributed by atoms with Crippen LogP contribution in [0.25, 0.3) is 0 Å². The largest absolute Gasteiger partial charge is 0.296 e. The molecule has 1 atom stereocenters. The van der Waals surface area contributed by atoms with Crippen LogP contribution >= 0.6 is 15.9 Å². The summed E-state index contributed by atoms with van der Waals surface area (Å²) in [5, 5.41) is 0. The molecule has 21 heavy (non-hydrogen) atoms. The smallest absolute Gasteiger partial charge is 0.0435 e. The first-order chi connectivity index (χ1) is 10.2. The Kier molecular flexibility index (Phi) is 6.17. The van der Waals surface area contributed by atoms with Gasteiger partial charge in [-0.3, -0.25) is 21.2 Å². The lowest BCUT2D eigenvalue weighted by Crippen LogP contribution is -2.62. The SMILES string of the molecule is CCC(CC)(C(Cc1cncc(Br)c1)NN)N1CCCC1. The minimum Gasteiger partial charge on any atom is -0.296 e. The fourth-order valence-corrected chi connectivity index (χ4v) is 4.19. The second kappa shape index (κ2) is 7.68. The van der Waals surface area contributed by atoms with Crippen molar-refractivity contribution in [1.82, 2.24) is 15.3 Å². The van der Waals surface area contributed by atoms with Gasteiger partial charge in [0, 0.05) is 28.4 Å². The number of nitrogens with zero attached hydrogens (tertiary/aromatic N) is 2. The first-order valence-electron chi connectivity index (χ1n) is 7.97. The molecule has 1 aliphatic heterocycles. The second-order valence-corrected chi connectivity index (χ2v) is 6.86. The number of hydrogen-bond donors (Lipinski definition) is 2. The molecule has 0 saturated carbocycles. The van der Waals surface area contributed by atoms with Gasteiger partial charge in [0.25, 0.3) is 0 Å². The van der Waals surface area contributed by atoms with Gasteiger partial charge in [0.1, 0.15) is 0 Å². The lowest BCUT2D eigenvalue weighted by Gasteiger charge is -2.46. The van der Waals surface area contributed by atoms with Crippen molar-refractivity contribution in [1.29, 1.82) is 0 Å². The second-order valence-electron chi connectivity index (χ2n) is 5.94. The Bertz CT molecular complexity index is 442. The predicted octanol–water partition coefficient (Wildman–Crippen LogP) is 2.87. The van der Waals surface area contributed by atoms with Gasteiger partial charge in [-0.1, -0.05) is 13.8 Å². The van der Waals surface area contributed by atoms with Gasteiger partial charge in [-0.25, -0.2) is 0 Å². The first-order valence-corrected chi connectivity index (χ1v) is 8.76. The molecular weight excluding hydrogens is 328 g/mol. The van der Waals surface area contributed by atoms with Crippen LogP contribution in [-0.2, 0) is 6.42 Å². The molecule has 1 fully saturated rings. The molecule has 0 aliphatic carbocycles. The van der Waals surface area contributed by atoms with E-state index < -0.39 is 0 Å². The highest BCUT2D eigenvalue weighted by Gasteiger charge is 2.41. The summed E-state index contributed by atoms with van der Waals surface area (Å²) >= 11 is 3.50. The normalized spacial score (nSPS) is 18.1. The molecule has 0 bridgehead atoms. The van der Waals surface area contributed by atoms with Crippen LogP contribution in [-0.4, -0.2) is 34.6 Å². The van der Waals surface area contributed by atoms with Gasteiger partial charge in [-0.15, -0.1) is 0 Å². The first kappa shape index (κ1) is 16.9. The topological polar surface area (TPSA) is 54.2 Å². The van der Waals surface area contributed by atoms with Crippen LogP contribution in [0.4, 0.5) is 0 Å². The molecule has 118 valence electrons. The third-order valence-corrected chi connectivity index (χ3v) is 5.45. The summed E-state index contributed by atoms with van der Waals surface area (Å²) in [5.41, 5.74) is 4.46. The van der Waals surface area contributed by atoms with Crippen LogP contribution in [0.2, 0.25) is 0 Å². The average Bonchev–Trinajstić information content (AvgIpc) is 3.02. The van der Waals surface area contributed by atoms with Crippen molar-refractivity contribution in [2.75, 3.05) is 13.1 Å². The van der Waals surface area contributed by atoms with Crippen LogP contribution < -0.4 is 11.3 Å². The summed E-state index contributed by atoms with van der Waals surface area (Å²) in [6, 6.07) is 2.37. The van der Waals surface area contributed by atoms with Crippen LogP contribution in [0.5, 0.6) is 0 Å². The number of pyridine rings is 1. The molecule has 0 amide bonds. The summed E-state index contributed by atoms with van der Waals surface area (Å²) in [5.74, 6) is 5.95. The summed E-state index contributed by atoms with van der Waals surface area (Å²) in [7, 11) is 0. The molecule has 3 N–H and O–H groups in total. The quantitative estimate of drug-likeness (QED) is 0.583. The minimum atomic E-state index is 0.133. The fraction of sp³-hybridized carbons (Fsp3) is 0.688. The predicted molar refractivity (Wildman–Crippen MR) is 90.9 cm³/mol. The van der Waals surface area contributed by atoms with Crippen molar-refractivity contribution in [2.24, 2.45) is 5.84 Å². The summed E-state index contributed by atoms with van der Waals surface area (Å²) in [6.45, 7) is 6.95. The zero-order valence-corrected chi connectivity index (χ0v) is 14.7. The van der Waals surface area contributed by atoms with Crippen LogP contribution in [0.3, 0.4) is 0 Å². The molecule has 0 spiro atoms. The highest BCUT2D eigenvalue weighted by molar-refractivity contribution is 9.10. The van der Waals surface area contributed by atoms with E-state index >= 15 is 0 Å². The molecule has 0 radical (unpaired) electrons. The zero-order chi connectivity index (χ0) is 15.3. The third-order valence-electron chi connectivity index (χ3n) is 5.01. The van der Waals surface area contributed by atoms with E-state index in [2.05, 4.69) is 51.2 Å². The molecule has 4 nitrogen and oxygen atoms in total. The molecule has 2 heterocycles. The van der Waals surface area contributed by atoms with Crippen LogP contribution in [0, 0.1) is 0 Å². The molecule has 5 heteroatoms. The van der Waals surface area contributed by atoms with Crippen molar-refractivity contribution in [3.05, 3.63) is 28.5 Å². The van der Waals surface area contributed by atoms with Gasteiger partial charge in [-0.2, -0.15) is 0 Å². The van der Waals surface area contributed by atoms with E-state index in [-0.39, 0.29) is 11.6 Å². The Morgan fingerprint density at radius 3 is 2.52 bits per heavy atom. The summed E-state index contributed by atoms with van der Waals surface area (Å²) in [4.78, 5) is 6.92. The molecule has 0 aromatic carbocycles. The summed E-state index contributed by atoms with van der Waals surface area (Å²) in [6.07, 6.45) is 9.49. The Morgan fingerprint density at radius 2 is 2.00 bits per heavy atom. The van der Waals surface area contributed by atoms with Crippen molar-refractivity contribution < 1.29 is 0 Å². The highest BCUT2D eigenvalue weighted by atomic mass is 79.9. The van der Waals surface area contributed by atoms with Gasteiger partial charge in [0.2, 0.25) is 0 Å². The zero-order valence-electron chi connectivity index (χ0n) is 13.1. The number of halogens is 1. The maximum Gasteiger partial charge on any atom is 0.0435 e. The molecule has 2 rings (SSSR count). The average molecular weight is 355 g/mol. The number of hydrogen-bond acceptors (Lipinski definition) is 4. The molecular formula is C16H27BrN4. The molecule has 1 saturated heterocycles. The van der Waals surface area contributed by atoms with Gasteiger partial charge in [-0.05, 0) is 72.8 Å². The summed E-state index contributed by atoms with van der Waals surface area (Å²) < 4.78 is 1.02. The molecule has 1 unspecified atom stereocenters. The fourth-order valence-electron chi connectivity index (χ4n) is 3.78. The van der Waals surface area contributed by atoms with E-state index in [4.69, 9.17) is 5.84 Å². The van der Waals surface area contributed by atoms with E-state index in [1.165, 1.54) is 31.5 Å². The Hall–Kier alpha value is -0.490. The third kappa shape index (κ3) is 3.65. The van der Waals surface area contributed by atoms with Crippen molar-refractivity contribution in [2.45, 2.75) is 57.5 Å². The van der Waals surface area contributed by atoms with Crippen molar-refractivity contribution in [3.8, 4) is 0 Å². The maximum atomic E-state index is 5.95. The van der Waals surface area contributed by atoms with Crippen LogP contribution in [0.1, 0.15) is 45.1 Å². The Morgan fingerprint density at radius 1 is 1.33 bits per heavy atom. The molecule has 1 aromatic heterocycles. The van der Waals surface area contributed by atoms with Gasteiger partial charge in [0.15, 0.2) is 0 Å². The Labute approximate surface area is 136 Å². The van der Waals surface area contributed by atoms with Crippen molar-refractivity contribution in [3.63, 3.8) is 0 Å². The Balaban J connectivity index is 2.22. The monoisotopic (exact) mass is 354 g/mol. The highest BCUT2D eigenvalue weighted by Crippen LogP contribution is 2.33. The number of likely N-dealkylation sites (tertiary alicyclic amines) is 1. The lowest BCUT2D eigenvalue weighted by atomic mass is 9.80. The van der Waals surface area contributed by atoms with Crippen LogP contribution in [0.15, 0.2) is 22.9 Å². The van der Waals surface area contributed by atoms with E-state index in [9.17, 15) is 0 Å². The minimum absolute atomic E-state index is 0.133. The number of nitrogens with two attached hydrogens (primary N) is 1. The van der Waals surface area contributed by atoms with E-state index in [0.717, 1.165) is 23.7 Å². The molecule has 1 aromatic rings. The van der Waals surface area contributed by atoms with E-state index in [1.807, 2.05) is 12.4 Å². The van der Waals surface area contributed by atoms with Gasteiger partial charge >= 0.3 is 0 Å². The standard InChI is InChI=1S/C16H27BrN4/c1-3-16(4-2,21-7-5-6-8-21)15(20-18)10-13-9-14(17)12-19-11-13/h9,11-12,15,20H,3-8,10,18H2,1-2H3. The number of aromatic nitrogens is 1. The van der Waals surface area contributed by atoms with Gasteiger partial charge in [0.05, 0.1) is 0 Å². The number of rotatable bonds is 7. The number of hydrazine groups is 1. The van der Waals surface area contributed by atoms with E-state index in [1.54, 1.807) is 0 Å². The van der Waals surface area contributed by atoms with Crippen molar-refractivity contribution >= 4 is 15.9 Å². The number of nitrogens with one attached hydrogen (secondary N) is 1. The van der Waals surface area contributed by atoms with E-state index in [0.29, 0.717) is 0 Å².